The molecule has 3 aromatic heterocycles. The van der Waals surface area contributed by atoms with E-state index in [2.05, 4.69) is 252 Å². The highest BCUT2D eigenvalue weighted by atomic mass is 15.2. The lowest BCUT2D eigenvalue weighted by atomic mass is 9.52. The molecule has 0 fully saturated rings. The fraction of sp³-hybridized carbons (Fsp3) is 0.0294. The largest absolute Gasteiger partial charge is 0.279 e. The summed E-state index contributed by atoms with van der Waals surface area (Å²) in [7, 11) is 0. The van der Waals surface area contributed by atoms with Gasteiger partial charge in [-0.3, -0.25) is 8.97 Å². The molecule has 4 nitrogen and oxygen atoms in total. The third kappa shape index (κ3) is 4.55. The molecule has 17 rings (SSSR count). The van der Waals surface area contributed by atoms with E-state index < -0.39 is 10.8 Å². The van der Waals surface area contributed by atoms with Crippen LogP contribution >= 0.6 is 0 Å². The van der Waals surface area contributed by atoms with Crippen molar-refractivity contribution < 1.29 is 0 Å². The molecule has 0 unspecified atom stereocenters. The smallest absolute Gasteiger partial charge is 0.221 e. The SMILES string of the molecule is c1ccc2c(c1)-c1ccccc1C21c2ccccc2C2(c3ccccc3-c3ccccc32)c2cc(-c3ccc4c(c3)c3c5ccccc5ccc3n4-c3nc4ccccc4c4nc5ccccc5n34)ccc21. The number of imidazole rings is 1. The number of aromatic nitrogens is 4. The Labute approximate surface area is 414 Å². The first-order valence-corrected chi connectivity index (χ1v) is 25.0. The Morgan fingerprint density at radius 2 is 0.792 bits per heavy atom. The molecule has 0 radical (unpaired) electrons. The van der Waals surface area contributed by atoms with Crippen LogP contribution in [-0.2, 0) is 10.8 Å². The summed E-state index contributed by atoms with van der Waals surface area (Å²) in [4.78, 5) is 10.8. The zero-order valence-electron chi connectivity index (χ0n) is 38.9. The van der Waals surface area contributed by atoms with Gasteiger partial charge in [-0.1, -0.05) is 194 Å². The van der Waals surface area contributed by atoms with E-state index >= 15 is 0 Å². The van der Waals surface area contributed by atoms with Crippen LogP contribution in [0.1, 0.15) is 44.5 Å². The minimum Gasteiger partial charge on any atom is -0.279 e. The summed E-state index contributed by atoms with van der Waals surface area (Å²) < 4.78 is 4.63. The van der Waals surface area contributed by atoms with Gasteiger partial charge in [0.05, 0.1) is 38.4 Å². The molecule has 0 saturated heterocycles. The number of fused-ring (bicyclic) bond motifs is 26. The molecule has 3 heterocycles. The summed E-state index contributed by atoms with van der Waals surface area (Å²) in [5.74, 6) is 0.816. The third-order valence-electron chi connectivity index (χ3n) is 16.8. The molecule has 0 atom stereocenters. The van der Waals surface area contributed by atoms with Crippen molar-refractivity contribution in [2.75, 3.05) is 0 Å². The minimum atomic E-state index is -0.579. The highest BCUT2D eigenvalue weighted by molar-refractivity contribution is 6.22. The van der Waals surface area contributed by atoms with E-state index in [4.69, 9.17) is 9.97 Å². The average Bonchev–Trinajstić information content (AvgIpc) is 4.18. The van der Waals surface area contributed by atoms with E-state index in [1.807, 2.05) is 0 Å². The van der Waals surface area contributed by atoms with E-state index in [0.29, 0.717) is 0 Å². The van der Waals surface area contributed by atoms with Crippen molar-refractivity contribution in [3.8, 4) is 39.3 Å². The van der Waals surface area contributed by atoms with Crippen LogP contribution in [0.4, 0.5) is 0 Å². The van der Waals surface area contributed by atoms with Crippen LogP contribution in [0.15, 0.2) is 243 Å². The van der Waals surface area contributed by atoms with E-state index in [-0.39, 0.29) is 0 Å². The second-order valence-electron chi connectivity index (χ2n) is 19.9. The molecule has 0 saturated carbocycles. The minimum absolute atomic E-state index is 0.540. The molecule has 14 aromatic rings. The van der Waals surface area contributed by atoms with Crippen molar-refractivity contribution in [3.05, 3.63) is 287 Å². The lowest BCUT2D eigenvalue weighted by molar-refractivity contribution is 0.633. The molecule has 2 spiro atoms. The molecule has 11 aromatic carbocycles. The van der Waals surface area contributed by atoms with Crippen molar-refractivity contribution in [2.45, 2.75) is 10.8 Å². The van der Waals surface area contributed by atoms with E-state index in [1.54, 1.807) is 0 Å². The Hall–Kier alpha value is -9.38. The Balaban J connectivity index is 0.990. The molecule has 72 heavy (non-hydrogen) atoms. The lowest BCUT2D eigenvalue weighted by Gasteiger charge is -2.49. The Morgan fingerprint density at radius 3 is 1.46 bits per heavy atom. The zero-order chi connectivity index (χ0) is 46.9. The number of para-hydroxylation sites is 3. The maximum atomic E-state index is 5.53. The van der Waals surface area contributed by atoms with Crippen molar-refractivity contribution in [1.82, 2.24) is 18.9 Å². The quantitative estimate of drug-likeness (QED) is 0.173. The van der Waals surface area contributed by atoms with E-state index in [1.165, 1.54) is 93.9 Å². The molecule has 4 heteroatoms. The summed E-state index contributed by atoms with van der Waals surface area (Å²) in [6, 6.07) is 90.7. The van der Waals surface area contributed by atoms with Crippen LogP contribution in [0.5, 0.6) is 0 Å². The molecule has 3 aliphatic rings. The highest BCUT2D eigenvalue weighted by Crippen LogP contribution is 2.67. The molecule has 0 amide bonds. The number of rotatable bonds is 2. The molecular formula is C68H40N4. The van der Waals surface area contributed by atoms with Gasteiger partial charge in [0, 0.05) is 16.2 Å². The van der Waals surface area contributed by atoms with Gasteiger partial charge in [0.1, 0.15) is 5.65 Å². The normalized spacial score (nSPS) is 14.3. The first kappa shape index (κ1) is 38.5. The fourth-order valence-corrected chi connectivity index (χ4v) is 14.1. The first-order chi connectivity index (χ1) is 35.7. The van der Waals surface area contributed by atoms with Crippen molar-refractivity contribution in [3.63, 3.8) is 0 Å². The van der Waals surface area contributed by atoms with Crippen molar-refractivity contribution in [2.24, 2.45) is 0 Å². The summed E-state index contributed by atoms with van der Waals surface area (Å²) in [6.45, 7) is 0. The van der Waals surface area contributed by atoms with Gasteiger partial charge in [0.15, 0.2) is 0 Å². The zero-order valence-corrected chi connectivity index (χ0v) is 38.9. The van der Waals surface area contributed by atoms with E-state index in [9.17, 15) is 0 Å². The van der Waals surface area contributed by atoms with Gasteiger partial charge in [-0.05, 0) is 137 Å². The monoisotopic (exact) mass is 912 g/mol. The Morgan fingerprint density at radius 1 is 0.306 bits per heavy atom. The second kappa shape index (κ2) is 13.7. The molecule has 0 bridgehead atoms. The maximum absolute atomic E-state index is 5.53. The molecular weight excluding hydrogens is 873 g/mol. The molecule has 0 N–H and O–H groups in total. The van der Waals surface area contributed by atoms with Crippen LogP contribution in [-0.4, -0.2) is 18.9 Å². The van der Waals surface area contributed by atoms with Crippen molar-refractivity contribution >= 4 is 60.2 Å². The van der Waals surface area contributed by atoms with Gasteiger partial charge < -0.3 is 0 Å². The van der Waals surface area contributed by atoms with Crippen LogP contribution in [0.3, 0.4) is 0 Å². The second-order valence-corrected chi connectivity index (χ2v) is 19.9. The highest BCUT2D eigenvalue weighted by Gasteiger charge is 2.59. The predicted molar refractivity (Wildman–Crippen MR) is 293 cm³/mol. The van der Waals surface area contributed by atoms with Crippen LogP contribution in [0.25, 0.3) is 99.5 Å². The number of benzene rings is 11. The van der Waals surface area contributed by atoms with Crippen LogP contribution < -0.4 is 0 Å². The summed E-state index contributed by atoms with van der Waals surface area (Å²) >= 11 is 0. The van der Waals surface area contributed by atoms with Gasteiger partial charge in [-0.25, -0.2) is 9.97 Å². The van der Waals surface area contributed by atoms with Crippen molar-refractivity contribution in [1.29, 1.82) is 0 Å². The fourth-order valence-electron chi connectivity index (χ4n) is 14.1. The number of hydrogen-bond donors (Lipinski definition) is 0. The first-order valence-electron chi connectivity index (χ1n) is 25.0. The van der Waals surface area contributed by atoms with Crippen LogP contribution in [0, 0.1) is 0 Å². The third-order valence-corrected chi connectivity index (χ3v) is 16.8. The summed E-state index contributed by atoms with van der Waals surface area (Å²) in [5.41, 5.74) is 23.1. The Kier molecular flexibility index (Phi) is 7.31. The lowest BCUT2D eigenvalue weighted by Crippen LogP contribution is -2.43. The topological polar surface area (TPSA) is 35.1 Å². The van der Waals surface area contributed by atoms with Gasteiger partial charge in [0.25, 0.3) is 0 Å². The summed E-state index contributed by atoms with van der Waals surface area (Å²) in [6.07, 6.45) is 0. The average molecular weight is 913 g/mol. The number of nitrogens with zero attached hydrogens (tertiary/aromatic N) is 4. The van der Waals surface area contributed by atoms with Gasteiger partial charge in [-0.2, -0.15) is 0 Å². The maximum Gasteiger partial charge on any atom is 0.221 e. The van der Waals surface area contributed by atoms with Gasteiger partial charge in [0.2, 0.25) is 5.95 Å². The van der Waals surface area contributed by atoms with E-state index in [0.717, 1.165) is 50.1 Å². The Bertz CT molecular complexity index is 4630. The van der Waals surface area contributed by atoms with Gasteiger partial charge >= 0.3 is 0 Å². The van der Waals surface area contributed by atoms with Gasteiger partial charge in [-0.15, -0.1) is 0 Å². The molecule has 332 valence electrons. The predicted octanol–water partition coefficient (Wildman–Crippen LogP) is 16.0. The number of hydrogen-bond acceptors (Lipinski definition) is 2. The van der Waals surface area contributed by atoms with Crippen LogP contribution in [0.2, 0.25) is 0 Å². The standard InChI is InChI=1S/C68H40N4/c1-2-18-44-41(17-1)34-38-63-64(44)50-39-42(35-37-61(50)71(63)66-70-59-30-14-7-23-49(59)65-69-60-31-15-16-32-62(60)72(65)66)43-33-36-57-58(40-43)68(53-26-10-5-21-47(53)48-22-6-11-27-54(48)68)56-29-13-12-28-55(56)67(57)51-24-8-3-19-45(51)46-20-4-9-25-52(46)67/h1-40H. The molecule has 3 aliphatic carbocycles. The molecule has 0 aliphatic heterocycles. The summed E-state index contributed by atoms with van der Waals surface area (Å²) in [5, 5.41) is 5.82.